The molecule has 1 aromatic carbocycles. The molecule has 1 atom stereocenters. The number of nitrogens with one attached hydrogen (secondary N) is 1. The maximum absolute atomic E-state index is 12.8. The third kappa shape index (κ3) is 2.26. The highest BCUT2D eigenvalue weighted by atomic mass is 19.1. The van der Waals surface area contributed by atoms with Gasteiger partial charge in [0, 0.05) is 17.8 Å². The van der Waals surface area contributed by atoms with Crippen molar-refractivity contribution >= 4 is 0 Å². The zero-order valence-corrected chi connectivity index (χ0v) is 9.77. The molecule has 5 heteroatoms. The zero-order chi connectivity index (χ0) is 13.3. The Morgan fingerprint density at radius 2 is 1.94 bits per heavy atom. The van der Waals surface area contributed by atoms with Crippen molar-refractivity contribution in [3.8, 4) is 17.0 Å². The van der Waals surface area contributed by atoms with Crippen LogP contribution in [0.25, 0.3) is 11.3 Å². The lowest BCUT2D eigenvalue weighted by Crippen LogP contribution is -2.13. The molecule has 4 nitrogen and oxygen atoms in total. The number of pyridine rings is 1. The van der Waals surface area contributed by atoms with Crippen molar-refractivity contribution in [1.82, 2.24) is 4.98 Å². The number of nitrogens with two attached hydrogens (primary N) is 1. The first kappa shape index (κ1) is 12.3. The molecule has 0 aliphatic heterocycles. The second kappa shape index (κ2) is 4.62. The lowest BCUT2D eigenvalue weighted by Gasteiger charge is -2.11. The average Bonchev–Trinajstić information content (AvgIpc) is 2.33. The molecule has 0 saturated heterocycles. The Hall–Kier alpha value is -2.14. The van der Waals surface area contributed by atoms with Crippen LogP contribution in [-0.4, -0.2) is 10.1 Å². The minimum atomic E-state index is -0.514. The molecule has 0 fully saturated rings. The van der Waals surface area contributed by atoms with E-state index in [-0.39, 0.29) is 17.3 Å². The fraction of sp³-hybridized carbons (Fsp3) is 0.154. The van der Waals surface area contributed by atoms with Crippen molar-refractivity contribution in [2.75, 3.05) is 0 Å². The first-order chi connectivity index (χ1) is 8.49. The van der Waals surface area contributed by atoms with Crippen LogP contribution in [-0.2, 0) is 0 Å². The second-order valence-corrected chi connectivity index (χ2v) is 4.11. The quantitative estimate of drug-likeness (QED) is 0.759. The lowest BCUT2D eigenvalue weighted by molar-refractivity contribution is 0.454. The molecule has 2 aromatic rings. The van der Waals surface area contributed by atoms with E-state index in [1.165, 1.54) is 18.2 Å². The monoisotopic (exact) mass is 248 g/mol. The number of H-pyrrole nitrogens is 1. The van der Waals surface area contributed by atoms with E-state index in [1.54, 1.807) is 19.1 Å². The SMILES string of the molecule is CC(N)c1[nH]c(-c2ccc(F)cc2)cc(=O)c1O. The number of benzene rings is 1. The molecule has 0 radical (unpaired) electrons. The molecule has 0 amide bonds. The summed E-state index contributed by atoms with van der Waals surface area (Å²) in [5.74, 6) is -0.733. The topological polar surface area (TPSA) is 79.1 Å². The van der Waals surface area contributed by atoms with Gasteiger partial charge in [-0.2, -0.15) is 0 Å². The van der Waals surface area contributed by atoms with E-state index in [4.69, 9.17) is 5.73 Å². The average molecular weight is 248 g/mol. The van der Waals surface area contributed by atoms with Crippen LogP contribution in [0.2, 0.25) is 0 Å². The van der Waals surface area contributed by atoms with E-state index in [9.17, 15) is 14.3 Å². The zero-order valence-electron chi connectivity index (χ0n) is 9.77. The highest BCUT2D eigenvalue weighted by Gasteiger charge is 2.12. The summed E-state index contributed by atoms with van der Waals surface area (Å²) >= 11 is 0. The van der Waals surface area contributed by atoms with Crippen LogP contribution < -0.4 is 11.2 Å². The first-order valence-corrected chi connectivity index (χ1v) is 5.46. The summed E-state index contributed by atoms with van der Waals surface area (Å²) in [5.41, 5.74) is 6.56. The molecule has 0 aliphatic carbocycles. The third-order valence-electron chi connectivity index (χ3n) is 2.64. The van der Waals surface area contributed by atoms with Crippen LogP contribution in [0.4, 0.5) is 4.39 Å². The third-order valence-corrected chi connectivity index (χ3v) is 2.64. The van der Waals surface area contributed by atoms with Gasteiger partial charge in [-0.3, -0.25) is 4.79 Å². The fourth-order valence-electron chi connectivity index (χ4n) is 1.69. The number of aromatic amines is 1. The van der Waals surface area contributed by atoms with Crippen molar-refractivity contribution < 1.29 is 9.50 Å². The minimum absolute atomic E-state index is 0.266. The molecule has 0 bridgehead atoms. The van der Waals surface area contributed by atoms with Gasteiger partial charge >= 0.3 is 0 Å². The van der Waals surface area contributed by atoms with Gasteiger partial charge in [0.05, 0.1) is 5.69 Å². The Morgan fingerprint density at radius 1 is 1.33 bits per heavy atom. The number of hydrogen-bond donors (Lipinski definition) is 3. The van der Waals surface area contributed by atoms with Gasteiger partial charge in [-0.05, 0) is 36.8 Å². The maximum Gasteiger partial charge on any atom is 0.224 e. The van der Waals surface area contributed by atoms with Crippen molar-refractivity contribution in [2.24, 2.45) is 5.73 Å². The summed E-state index contributed by atoms with van der Waals surface area (Å²) in [4.78, 5) is 14.5. The lowest BCUT2D eigenvalue weighted by atomic mass is 10.1. The van der Waals surface area contributed by atoms with Gasteiger partial charge in [-0.15, -0.1) is 0 Å². The molecule has 18 heavy (non-hydrogen) atoms. The summed E-state index contributed by atoms with van der Waals surface area (Å²) in [6, 6.07) is 6.44. The van der Waals surface area contributed by atoms with E-state index >= 15 is 0 Å². The highest BCUT2D eigenvalue weighted by Crippen LogP contribution is 2.22. The van der Waals surface area contributed by atoms with Crippen molar-refractivity contribution in [1.29, 1.82) is 0 Å². The molecule has 1 unspecified atom stereocenters. The molecule has 1 heterocycles. The van der Waals surface area contributed by atoms with Crippen LogP contribution >= 0.6 is 0 Å². The fourth-order valence-corrected chi connectivity index (χ4v) is 1.69. The second-order valence-electron chi connectivity index (χ2n) is 4.11. The minimum Gasteiger partial charge on any atom is -0.503 e. The maximum atomic E-state index is 12.8. The van der Waals surface area contributed by atoms with Crippen LogP contribution in [0.15, 0.2) is 35.1 Å². The first-order valence-electron chi connectivity index (χ1n) is 5.46. The predicted molar refractivity (Wildman–Crippen MR) is 66.7 cm³/mol. The van der Waals surface area contributed by atoms with E-state index in [0.717, 1.165) is 0 Å². The molecular weight excluding hydrogens is 235 g/mol. The summed E-state index contributed by atoms with van der Waals surface area (Å²) in [6.07, 6.45) is 0. The molecule has 2 rings (SSSR count). The Morgan fingerprint density at radius 3 is 2.50 bits per heavy atom. The standard InChI is InChI=1S/C13H13FN2O2/c1-7(15)12-13(18)11(17)6-10(16-12)8-2-4-9(14)5-3-8/h2-7,18H,15H2,1H3,(H,16,17). The largest absolute Gasteiger partial charge is 0.503 e. The molecule has 0 spiro atoms. The number of halogens is 1. The van der Waals surface area contributed by atoms with Crippen LogP contribution in [0.1, 0.15) is 18.7 Å². The van der Waals surface area contributed by atoms with Crippen molar-refractivity contribution in [2.45, 2.75) is 13.0 Å². The van der Waals surface area contributed by atoms with Crippen molar-refractivity contribution in [3.63, 3.8) is 0 Å². The summed E-state index contributed by atoms with van der Waals surface area (Å²) in [6.45, 7) is 1.65. The van der Waals surface area contributed by atoms with Gasteiger partial charge < -0.3 is 15.8 Å². The van der Waals surface area contributed by atoms with E-state index in [1.807, 2.05) is 0 Å². The normalized spacial score (nSPS) is 12.4. The molecule has 94 valence electrons. The van der Waals surface area contributed by atoms with E-state index < -0.39 is 11.5 Å². The summed E-state index contributed by atoms with van der Waals surface area (Å²) in [5, 5.41) is 9.60. The van der Waals surface area contributed by atoms with Crippen LogP contribution in [0.5, 0.6) is 5.75 Å². The predicted octanol–water partition coefficient (Wildman–Crippen LogP) is 1.91. The summed E-state index contributed by atoms with van der Waals surface area (Å²) in [7, 11) is 0. The van der Waals surface area contributed by atoms with Gasteiger partial charge in [-0.25, -0.2) is 4.39 Å². The highest BCUT2D eigenvalue weighted by molar-refractivity contribution is 5.60. The van der Waals surface area contributed by atoms with Gasteiger partial charge in [-0.1, -0.05) is 0 Å². The molecule has 0 aliphatic rings. The van der Waals surface area contributed by atoms with E-state index in [2.05, 4.69) is 4.98 Å². The van der Waals surface area contributed by atoms with Gasteiger partial charge in [0.2, 0.25) is 5.43 Å². The van der Waals surface area contributed by atoms with Crippen LogP contribution in [0.3, 0.4) is 0 Å². The summed E-state index contributed by atoms with van der Waals surface area (Å²) < 4.78 is 12.8. The van der Waals surface area contributed by atoms with Gasteiger partial charge in [0.25, 0.3) is 0 Å². The Balaban J connectivity index is 2.59. The van der Waals surface area contributed by atoms with E-state index in [0.29, 0.717) is 11.3 Å². The number of rotatable bonds is 2. The smallest absolute Gasteiger partial charge is 0.224 e. The Labute approximate surface area is 103 Å². The van der Waals surface area contributed by atoms with Gasteiger partial charge in [0.1, 0.15) is 5.82 Å². The Kier molecular flexibility index (Phi) is 3.16. The Bertz CT molecular complexity index is 618. The number of aromatic hydroxyl groups is 1. The van der Waals surface area contributed by atoms with Crippen molar-refractivity contribution in [3.05, 3.63) is 52.1 Å². The molecule has 1 aromatic heterocycles. The van der Waals surface area contributed by atoms with Crippen LogP contribution in [0, 0.1) is 5.82 Å². The van der Waals surface area contributed by atoms with Gasteiger partial charge in [0.15, 0.2) is 5.75 Å². The number of aromatic nitrogens is 1. The molecule has 4 N–H and O–H groups in total. The molecule has 0 saturated carbocycles. The molecular formula is C13H13FN2O2. The number of hydrogen-bond acceptors (Lipinski definition) is 3.